The maximum atomic E-state index is 12.0. The van der Waals surface area contributed by atoms with Gasteiger partial charge >= 0.3 is 12.0 Å². The Morgan fingerprint density at radius 1 is 1.55 bits per heavy atom. The zero-order chi connectivity index (χ0) is 14.5. The minimum Gasteiger partial charge on any atom is -0.481 e. The van der Waals surface area contributed by atoms with E-state index in [-0.39, 0.29) is 18.6 Å². The topological polar surface area (TPSA) is 91.8 Å². The number of pyridine rings is 1. The van der Waals surface area contributed by atoms with Gasteiger partial charge in [-0.2, -0.15) is 0 Å². The van der Waals surface area contributed by atoms with E-state index in [1.807, 2.05) is 0 Å². The molecular formula is C13H17N3O4. The first-order chi connectivity index (χ1) is 9.60. The maximum Gasteiger partial charge on any atom is 0.323 e. The summed E-state index contributed by atoms with van der Waals surface area (Å²) >= 11 is 0. The normalized spacial score (nSPS) is 13.7. The van der Waals surface area contributed by atoms with Gasteiger partial charge in [-0.1, -0.05) is 0 Å². The molecule has 7 nitrogen and oxygen atoms in total. The third-order valence-corrected chi connectivity index (χ3v) is 3.01. The monoisotopic (exact) mass is 279 g/mol. The number of aliphatic carboxylic acids is 1. The SMILES string of the molecule is COc1cc(CNC(=O)N(CC(=O)O)C2CC2)ccn1. The number of urea groups is 1. The van der Waals surface area contributed by atoms with E-state index in [4.69, 9.17) is 9.84 Å². The lowest BCUT2D eigenvalue weighted by atomic mass is 10.2. The molecule has 20 heavy (non-hydrogen) atoms. The van der Waals surface area contributed by atoms with Gasteiger partial charge in [0.1, 0.15) is 6.54 Å². The molecule has 1 aromatic rings. The summed E-state index contributed by atoms with van der Waals surface area (Å²) in [4.78, 5) is 28.1. The second-order valence-corrected chi connectivity index (χ2v) is 4.62. The minimum atomic E-state index is -1.00. The van der Waals surface area contributed by atoms with Gasteiger partial charge in [0.25, 0.3) is 0 Å². The molecule has 1 aromatic heterocycles. The average molecular weight is 279 g/mol. The van der Waals surface area contributed by atoms with Crippen LogP contribution >= 0.6 is 0 Å². The van der Waals surface area contributed by atoms with Crippen LogP contribution in [0.5, 0.6) is 5.88 Å². The van der Waals surface area contributed by atoms with Crippen LogP contribution in [0, 0.1) is 0 Å². The van der Waals surface area contributed by atoms with Crippen molar-refractivity contribution >= 4 is 12.0 Å². The van der Waals surface area contributed by atoms with Gasteiger partial charge < -0.3 is 20.1 Å². The number of amides is 2. The lowest BCUT2D eigenvalue weighted by Gasteiger charge is -2.20. The van der Waals surface area contributed by atoms with Gasteiger partial charge in [-0.3, -0.25) is 4.79 Å². The third-order valence-electron chi connectivity index (χ3n) is 3.01. The Morgan fingerprint density at radius 2 is 2.30 bits per heavy atom. The molecule has 0 saturated heterocycles. The number of carbonyl (C=O) groups excluding carboxylic acids is 1. The summed E-state index contributed by atoms with van der Waals surface area (Å²) < 4.78 is 5.00. The van der Waals surface area contributed by atoms with Crippen LogP contribution in [-0.2, 0) is 11.3 Å². The standard InChI is InChI=1S/C13H17N3O4/c1-20-11-6-9(4-5-14-11)7-15-13(19)16(8-12(17)18)10-2-3-10/h4-6,10H,2-3,7-8H2,1H3,(H,15,19)(H,17,18). The van der Waals surface area contributed by atoms with E-state index in [9.17, 15) is 9.59 Å². The lowest BCUT2D eigenvalue weighted by Crippen LogP contribution is -2.43. The molecule has 1 fully saturated rings. The van der Waals surface area contributed by atoms with Crippen molar-refractivity contribution in [3.63, 3.8) is 0 Å². The summed E-state index contributed by atoms with van der Waals surface area (Å²) in [5.41, 5.74) is 0.844. The highest BCUT2D eigenvalue weighted by Gasteiger charge is 2.33. The van der Waals surface area contributed by atoms with E-state index in [1.165, 1.54) is 12.0 Å². The first-order valence-electron chi connectivity index (χ1n) is 6.35. The van der Waals surface area contributed by atoms with Crippen molar-refractivity contribution in [1.29, 1.82) is 0 Å². The van der Waals surface area contributed by atoms with Gasteiger partial charge in [0.15, 0.2) is 0 Å². The number of rotatable bonds is 6. The fraction of sp³-hybridized carbons (Fsp3) is 0.462. The molecule has 7 heteroatoms. The van der Waals surface area contributed by atoms with Gasteiger partial charge in [0, 0.05) is 24.8 Å². The van der Waals surface area contributed by atoms with Crippen molar-refractivity contribution in [3.05, 3.63) is 23.9 Å². The molecule has 1 saturated carbocycles. The van der Waals surface area contributed by atoms with E-state index in [0.717, 1.165) is 18.4 Å². The van der Waals surface area contributed by atoms with Crippen LogP contribution in [0.4, 0.5) is 4.79 Å². The molecule has 0 aromatic carbocycles. The molecular weight excluding hydrogens is 262 g/mol. The molecule has 1 aliphatic carbocycles. The molecule has 1 aliphatic rings. The lowest BCUT2D eigenvalue weighted by molar-refractivity contribution is -0.137. The summed E-state index contributed by atoms with van der Waals surface area (Å²) in [7, 11) is 1.52. The van der Waals surface area contributed by atoms with Gasteiger partial charge in [-0.15, -0.1) is 0 Å². The maximum absolute atomic E-state index is 12.0. The van der Waals surface area contributed by atoms with Crippen LogP contribution in [0.2, 0.25) is 0 Å². The van der Waals surface area contributed by atoms with E-state index < -0.39 is 5.97 Å². The average Bonchev–Trinajstić information content (AvgIpc) is 3.26. The number of aromatic nitrogens is 1. The van der Waals surface area contributed by atoms with Gasteiger partial charge in [-0.05, 0) is 24.5 Å². The molecule has 0 radical (unpaired) electrons. The van der Waals surface area contributed by atoms with Crippen LogP contribution in [0.25, 0.3) is 0 Å². The molecule has 0 bridgehead atoms. The Bertz CT molecular complexity index is 502. The van der Waals surface area contributed by atoms with Crippen molar-refractivity contribution in [2.45, 2.75) is 25.4 Å². The van der Waals surface area contributed by atoms with Crippen LogP contribution in [0.1, 0.15) is 18.4 Å². The van der Waals surface area contributed by atoms with Crippen LogP contribution in [-0.4, -0.2) is 46.7 Å². The van der Waals surface area contributed by atoms with Crippen LogP contribution in [0.3, 0.4) is 0 Å². The molecule has 1 heterocycles. The van der Waals surface area contributed by atoms with Crippen LogP contribution in [0.15, 0.2) is 18.3 Å². The Morgan fingerprint density at radius 3 is 2.90 bits per heavy atom. The molecule has 2 rings (SSSR count). The highest BCUT2D eigenvalue weighted by Crippen LogP contribution is 2.26. The smallest absolute Gasteiger partial charge is 0.323 e. The minimum absolute atomic E-state index is 0.0538. The van der Waals surface area contributed by atoms with Crippen molar-refractivity contribution in [1.82, 2.24) is 15.2 Å². The van der Waals surface area contributed by atoms with Crippen molar-refractivity contribution in [3.8, 4) is 5.88 Å². The molecule has 0 atom stereocenters. The number of carbonyl (C=O) groups is 2. The van der Waals surface area contributed by atoms with E-state index in [0.29, 0.717) is 12.4 Å². The fourth-order valence-electron chi connectivity index (χ4n) is 1.85. The number of carboxylic acids is 1. The summed E-state index contributed by atoms with van der Waals surface area (Å²) in [6.45, 7) is 0.0384. The predicted molar refractivity (Wildman–Crippen MR) is 70.4 cm³/mol. The van der Waals surface area contributed by atoms with Gasteiger partial charge in [-0.25, -0.2) is 9.78 Å². The van der Waals surface area contributed by atoms with E-state index in [2.05, 4.69) is 10.3 Å². The van der Waals surface area contributed by atoms with Crippen molar-refractivity contribution < 1.29 is 19.4 Å². The largest absolute Gasteiger partial charge is 0.481 e. The number of ether oxygens (including phenoxy) is 1. The third kappa shape index (κ3) is 3.84. The van der Waals surface area contributed by atoms with Gasteiger partial charge in [0.2, 0.25) is 5.88 Å². The highest BCUT2D eigenvalue weighted by atomic mass is 16.5. The fourth-order valence-corrected chi connectivity index (χ4v) is 1.85. The van der Waals surface area contributed by atoms with Crippen LogP contribution < -0.4 is 10.1 Å². The Kier molecular flexibility index (Phi) is 4.39. The molecule has 108 valence electrons. The summed E-state index contributed by atoms with van der Waals surface area (Å²) in [6, 6.07) is 3.18. The highest BCUT2D eigenvalue weighted by molar-refractivity contribution is 5.80. The summed E-state index contributed by atoms with van der Waals surface area (Å²) in [5.74, 6) is -0.529. The Hall–Kier alpha value is -2.31. The Balaban J connectivity index is 1.91. The first-order valence-corrected chi connectivity index (χ1v) is 6.35. The first kappa shape index (κ1) is 14.1. The number of nitrogens with zero attached hydrogens (tertiary/aromatic N) is 2. The summed E-state index contributed by atoms with van der Waals surface area (Å²) in [5, 5.41) is 11.5. The number of carboxylic acid groups (broad SMARTS) is 1. The number of methoxy groups -OCH3 is 1. The Labute approximate surface area is 116 Å². The molecule has 0 unspecified atom stereocenters. The second-order valence-electron chi connectivity index (χ2n) is 4.62. The summed E-state index contributed by atoms with van der Waals surface area (Å²) in [6.07, 6.45) is 3.32. The molecule has 2 amide bonds. The van der Waals surface area contributed by atoms with Crippen molar-refractivity contribution in [2.75, 3.05) is 13.7 Å². The quantitative estimate of drug-likeness (QED) is 0.805. The number of hydrogen-bond donors (Lipinski definition) is 2. The number of hydrogen-bond acceptors (Lipinski definition) is 4. The molecule has 0 aliphatic heterocycles. The van der Waals surface area contributed by atoms with Crippen molar-refractivity contribution in [2.24, 2.45) is 0 Å². The number of nitrogens with one attached hydrogen (secondary N) is 1. The van der Waals surface area contributed by atoms with E-state index in [1.54, 1.807) is 18.3 Å². The molecule has 0 spiro atoms. The predicted octanol–water partition coefficient (Wildman–Crippen LogP) is 0.849. The zero-order valence-electron chi connectivity index (χ0n) is 11.2. The zero-order valence-corrected chi connectivity index (χ0v) is 11.2. The second kappa shape index (κ2) is 6.23. The van der Waals surface area contributed by atoms with E-state index >= 15 is 0 Å². The van der Waals surface area contributed by atoms with Gasteiger partial charge in [0.05, 0.1) is 7.11 Å². The molecule has 2 N–H and O–H groups in total.